The molecule has 0 saturated carbocycles. The van der Waals surface area contributed by atoms with Crippen LogP contribution in [0.2, 0.25) is 0 Å². The van der Waals surface area contributed by atoms with Crippen LogP contribution >= 0.6 is 11.3 Å². The number of hydrogen-bond acceptors (Lipinski definition) is 7. The van der Waals surface area contributed by atoms with Crippen molar-refractivity contribution < 1.29 is 0 Å². The minimum absolute atomic E-state index is 0.229. The van der Waals surface area contributed by atoms with Crippen molar-refractivity contribution in [3.05, 3.63) is 17.7 Å². The topological polar surface area (TPSA) is 111 Å². The maximum absolute atomic E-state index is 8.58. The van der Waals surface area contributed by atoms with Crippen molar-refractivity contribution in [2.45, 2.75) is 6.92 Å². The third-order valence-corrected chi connectivity index (χ3v) is 3.10. The van der Waals surface area contributed by atoms with Gasteiger partial charge in [0.15, 0.2) is 5.13 Å². The third kappa shape index (κ3) is 2.21. The summed E-state index contributed by atoms with van der Waals surface area (Å²) in [4.78, 5) is 4.16. The van der Waals surface area contributed by atoms with Crippen LogP contribution in [-0.2, 0) is 0 Å². The summed E-state index contributed by atoms with van der Waals surface area (Å²) in [6.07, 6.45) is 0. The smallest absolute Gasteiger partial charge is 0.237 e. The van der Waals surface area contributed by atoms with Gasteiger partial charge >= 0.3 is 0 Å². The number of hydrogen-bond donors (Lipinski definition) is 2. The van der Waals surface area contributed by atoms with E-state index in [0.29, 0.717) is 10.8 Å². The SMILES string of the molecule is Cc1cc2sc(N)nc2cc1NN=C(C#N)C#N. The van der Waals surface area contributed by atoms with Crippen LogP contribution in [0, 0.1) is 29.6 Å². The van der Waals surface area contributed by atoms with Crippen LogP contribution in [0.5, 0.6) is 0 Å². The summed E-state index contributed by atoms with van der Waals surface area (Å²) in [6, 6.07) is 7.07. The first-order chi connectivity index (χ1) is 8.63. The summed E-state index contributed by atoms with van der Waals surface area (Å²) in [5, 5.41) is 21.3. The minimum atomic E-state index is -0.229. The van der Waals surface area contributed by atoms with Crippen molar-refractivity contribution in [3.8, 4) is 12.1 Å². The number of aryl methyl sites for hydroxylation is 1. The van der Waals surface area contributed by atoms with E-state index in [4.69, 9.17) is 16.3 Å². The highest BCUT2D eigenvalue weighted by atomic mass is 32.1. The Hall–Kier alpha value is -2.64. The fourth-order valence-electron chi connectivity index (χ4n) is 1.40. The van der Waals surface area contributed by atoms with Gasteiger partial charge in [0, 0.05) is 0 Å². The Morgan fingerprint density at radius 2 is 2.17 bits per heavy atom. The van der Waals surface area contributed by atoms with Crippen molar-refractivity contribution in [3.63, 3.8) is 0 Å². The standard InChI is InChI=1S/C11H8N6S/c1-6-2-10-9(15-11(14)18-10)3-8(6)17-16-7(4-12)5-13/h2-3,17H,1H3,(H2,14,15). The molecule has 1 aromatic heterocycles. The molecule has 0 bridgehead atoms. The molecular formula is C11H8N6S. The lowest BCUT2D eigenvalue weighted by Gasteiger charge is -2.03. The Balaban J connectivity index is 2.40. The summed E-state index contributed by atoms with van der Waals surface area (Å²) >= 11 is 1.41. The van der Waals surface area contributed by atoms with Crippen LogP contribution in [-0.4, -0.2) is 10.7 Å². The van der Waals surface area contributed by atoms with Gasteiger partial charge in [-0.15, -0.1) is 0 Å². The Labute approximate surface area is 107 Å². The number of anilines is 2. The summed E-state index contributed by atoms with van der Waals surface area (Å²) in [6.45, 7) is 1.89. The summed E-state index contributed by atoms with van der Waals surface area (Å²) in [5.74, 6) is 0. The van der Waals surface area contributed by atoms with Gasteiger partial charge in [0.2, 0.25) is 5.71 Å². The number of nitriles is 2. The Kier molecular flexibility index (Phi) is 3.09. The van der Waals surface area contributed by atoms with E-state index in [1.54, 1.807) is 18.2 Å². The molecule has 88 valence electrons. The number of nitrogens with two attached hydrogens (primary N) is 1. The van der Waals surface area contributed by atoms with Gasteiger partial charge in [0.25, 0.3) is 0 Å². The summed E-state index contributed by atoms with van der Waals surface area (Å²) in [7, 11) is 0. The van der Waals surface area contributed by atoms with E-state index in [1.165, 1.54) is 11.3 Å². The summed E-state index contributed by atoms with van der Waals surface area (Å²) < 4.78 is 0.986. The van der Waals surface area contributed by atoms with Crippen LogP contribution in [0.3, 0.4) is 0 Å². The first kappa shape index (κ1) is 11.8. The van der Waals surface area contributed by atoms with Gasteiger partial charge in [-0.05, 0) is 24.6 Å². The van der Waals surface area contributed by atoms with Crippen molar-refractivity contribution >= 4 is 38.1 Å². The second-order valence-electron chi connectivity index (χ2n) is 3.48. The maximum atomic E-state index is 8.58. The summed E-state index contributed by atoms with van der Waals surface area (Å²) in [5.41, 5.74) is 10.5. The molecule has 1 heterocycles. The predicted molar refractivity (Wildman–Crippen MR) is 71.1 cm³/mol. The van der Waals surface area contributed by atoms with E-state index in [1.807, 2.05) is 13.0 Å². The van der Waals surface area contributed by atoms with E-state index in [9.17, 15) is 0 Å². The molecule has 3 N–H and O–H groups in total. The van der Waals surface area contributed by atoms with Crippen molar-refractivity contribution in [2.24, 2.45) is 5.10 Å². The zero-order valence-corrected chi connectivity index (χ0v) is 10.2. The number of hydrazone groups is 1. The van der Waals surface area contributed by atoms with Gasteiger partial charge in [0.05, 0.1) is 15.9 Å². The first-order valence-electron chi connectivity index (χ1n) is 4.94. The minimum Gasteiger partial charge on any atom is -0.375 e. The highest BCUT2D eigenvalue weighted by Crippen LogP contribution is 2.28. The third-order valence-electron chi connectivity index (χ3n) is 2.25. The van der Waals surface area contributed by atoms with Crippen LogP contribution in [0.1, 0.15) is 5.56 Å². The second-order valence-corrected chi connectivity index (χ2v) is 4.55. The molecule has 0 fully saturated rings. The largest absolute Gasteiger partial charge is 0.375 e. The fraction of sp³-hybridized carbons (Fsp3) is 0.0909. The number of aromatic nitrogens is 1. The lowest BCUT2D eigenvalue weighted by molar-refractivity contribution is 1.31. The fourth-order valence-corrected chi connectivity index (χ4v) is 2.22. The van der Waals surface area contributed by atoms with Crippen molar-refractivity contribution in [1.29, 1.82) is 10.5 Å². The lowest BCUT2D eigenvalue weighted by atomic mass is 10.2. The van der Waals surface area contributed by atoms with Crippen LogP contribution in [0.4, 0.5) is 10.8 Å². The molecule has 0 spiro atoms. The number of nitrogens with zero attached hydrogens (tertiary/aromatic N) is 4. The zero-order chi connectivity index (χ0) is 13.1. The molecule has 2 rings (SSSR count). The zero-order valence-electron chi connectivity index (χ0n) is 9.43. The average molecular weight is 256 g/mol. The molecule has 0 aliphatic rings. The van der Waals surface area contributed by atoms with Gasteiger partial charge in [0.1, 0.15) is 12.1 Å². The lowest BCUT2D eigenvalue weighted by Crippen LogP contribution is -1.97. The van der Waals surface area contributed by atoms with E-state index in [-0.39, 0.29) is 5.71 Å². The van der Waals surface area contributed by atoms with Gasteiger partial charge in [-0.2, -0.15) is 15.6 Å². The number of rotatable bonds is 2. The molecule has 7 heteroatoms. The monoisotopic (exact) mass is 256 g/mol. The average Bonchev–Trinajstić information content (AvgIpc) is 2.69. The molecule has 0 aliphatic carbocycles. The van der Waals surface area contributed by atoms with Crippen molar-refractivity contribution in [1.82, 2.24) is 4.98 Å². The van der Waals surface area contributed by atoms with E-state index < -0.39 is 0 Å². The number of thiazole rings is 1. The first-order valence-corrected chi connectivity index (χ1v) is 5.76. The Morgan fingerprint density at radius 3 is 2.83 bits per heavy atom. The number of nitrogens with one attached hydrogen (secondary N) is 1. The normalized spacial score (nSPS) is 9.50. The number of nitrogen functional groups attached to an aromatic ring is 1. The molecule has 1 aromatic carbocycles. The molecule has 0 amide bonds. The van der Waals surface area contributed by atoms with Crippen LogP contribution < -0.4 is 11.2 Å². The van der Waals surface area contributed by atoms with Crippen LogP contribution in [0.25, 0.3) is 10.2 Å². The molecule has 0 saturated heterocycles. The highest BCUT2D eigenvalue weighted by molar-refractivity contribution is 7.22. The molecule has 0 radical (unpaired) electrons. The molecule has 0 aliphatic heterocycles. The van der Waals surface area contributed by atoms with E-state index >= 15 is 0 Å². The van der Waals surface area contributed by atoms with Crippen LogP contribution in [0.15, 0.2) is 17.2 Å². The van der Waals surface area contributed by atoms with Crippen molar-refractivity contribution in [2.75, 3.05) is 11.2 Å². The van der Waals surface area contributed by atoms with Gasteiger partial charge in [-0.3, -0.25) is 5.43 Å². The van der Waals surface area contributed by atoms with E-state index in [0.717, 1.165) is 15.8 Å². The maximum Gasteiger partial charge on any atom is 0.237 e. The number of fused-ring (bicyclic) bond motifs is 1. The molecule has 2 aromatic rings. The quantitative estimate of drug-likeness (QED) is 0.630. The highest BCUT2D eigenvalue weighted by Gasteiger charge is 2.05. The number of benzene rings is 1. The Morgan fingerprint density at radius 1 is 1.44 bits per heavy atom. The molecule has 0 unspecified atom stereocenters. The molecule has 0 atom stereocenters. The van der Waals surface area contributed by atoms with Gasteiger partial charge in [-0.1, -0.05) is 11.3 Å². The molecule has 18 heavy (non-hydrogen) atoms. The van der Waals surface area contributed by atoms with E-state index in [2.05, 4.69) is 15.5 Å². The van der Waals surface area contributed by atoms with Gasteiger partial charge < -0.3 is 5.73 Å². The molecular weight excluding hydrogens is 248 g/mol. The van der Waals surface area contributed by atoms with Gasteiger partial charge in [-0.25, -0.2) is 4.98 Å². The second kappa shape index (κ2) is 4.70. The molecule has 6 nitrogen and oxygen atoms in total. The predicted octanol–water partition coefficient (Wildman–Crippen LogP) is 2.00. The Bertz CT molecular complexity index is 699.